The molecule has 1 saturated heterocycles. The van der Waals surface area contributed by atoms with Gasteiger partial charge in [-0.3, -0.25) is 10.1 Å². The van der Waals surface area contributed by atoms with Crippen LogP contribution in [-0.4, -0.2) is 42.6 Å². The van der Waals surface area contributed by atoms with E-state index in [1.807, 2.05) is 0 Å². The predicted octanol–water partition coefficient (Wildman–Crippen LogP) is 3.69. The second kappa shape index (κ2) is 7.27. The van der Waals surface area contributed by atoms with Gasteiger partial charge in [0.25, 0.3) is 5.69 Å². The van der Waals surface area contributed by atoms with Crippen LogP contribution in [0, 0.1) is 27.9 Å². The standard InChI is InChI=1S/C20H27N3O3/c1-26-20-5-4-18(23(24)25)12-19(20)21-17-6-8-22(9-7-17)13-16-11-14-2-3-15(16)10-14/h2-5,12,14-17,21H,6-11,13H2,1H3. The zero-order valence-electron chi connectivity index (χ0n) is 15.3. The van der Waals surface area contributed by atoms with Crippen molar-refractivity contribution < 1.29 is 9.66 Å². The maximum atomic E-state index is 11.0. The van der Waals surface area contributed by atoms with Crippen molar-refractivity contribution in [2.45, 2.75) is 31.7 Å². The Morgan fingerprint density at radius 3 is 2.69 bits per heavy atom. The zero-order chi connectivity index (χ0) is 18.1. The Balaban J connectivity index is 1.32. The zero-order valence-corrected chi connectivity index (χ0v) is 15.3. The number of non-ortho nitro benzene ring substituents is 1. The molecule has 1 heterocycles. The van der Waals surface area contributed by atoms with Gasteiger partial charge in [0.05, 0.1) is 17.7 Å². The molecule has 1 aromatic carbocycles. The third-order valence-corrected chi connectivity index (χ3v) is 6.25. The van der Waals surface area contributed by atoms with Crippen molar-refractivity contribution >= 4 is 11.4 Å². The Morgan fingerprint density at radius 2 is 2.08 bits per heavy atom. The third-order valence-electron chi connectivity index (χ3n) is 6.25. The highest BCUT2D eigenvalue weighted by Crippen LogP contribution is 2.43. The van der Waals surface area contributed by atoms with Crippen LogP contribution < -0.4 is 10.1 Å². The molecule has 1 N–H and O–H groups in total. The minimum absolute atomic E-state index is 0.0927. The second-order valence-electron chi connectivity index (χ2n) is 7.90. The van der Waals surface area contributed by atoms with Crippen LogP contribution in [0.5, 0.6) is 5.75 Å². The molecule has 2 aliphatic carbocycles. The molecule has 3 unspecified atom stereocenters. The highest BCUT2D eigenvalue weighted by Gasteiger charge is 2.36. The van der Waals surface area contributed by atoms with Gasteiger partial charge in [0.1, 0.15) is 5.75 Å². The molecule has 0 aromatic heterocycles. The number of fused-ring (bicyclic) bond motifs is 2. The summed E-state index contributed by atoms with van der Waals surface area (Å²) in [6.45, 7) is 3.40. The maximum Gasteiger partial charge on any atom is 0.271 e. The maximum absolute atomic E-state index is 11.0. The Labute approximate surface area is 154 Å². The number of rotatable bonds is 6. The number of likely N-dealkylation sites (tertiary alicyclic amines) is 1. The summed E-state index contributed by atoms with van der Waals surface area (Å²) in [6, 6.07) is 5.06. The number of benzene rings is 1. The van der Waals surface area contributed by atoms with Crippen molar-refractivity contribution in [2.24, 2.45) is 17.8 Å². The first-order chi connectivity index (χ1) is 12.6. The molecule has 3 aliphatic rings. The lowest BCUT2D eigenvalue weighted by molar-refractivity contribution is -0.384. The monoisotopic (exact) mass is 357 g/mol. The van der Waals surface area contributed by atoms with Crippen molar-refractivity contribution in [1.82, 2.24) is 4.90 Å². The number of ether oxygens (including phenoxy) is 1. The molecule has 0 spiro atoms. The molecule has 0 radical (unpaired) electrons. The normalized spacial score (nSPS) is 28.4. The number of nitrogens with one attached hydrogen (secondary N) is 1. The Hall–Kier alpha value is -2.08. The van der Waals surface area contributed by atoms with Gasteiger partial charge >= 0.3 is 0 Å². The minimum Gasteiger partial charge on any atom is -0.495 e. The van der Waals surface area contributed by atoms with Crippen LogP contribution in [0.2, 0.25) is 0 Å². The molecular weight excluding hydrogens is 330 g/mol. The molecule has 26 heavy (non-hydrogen) atoms. The van der Waals surface area contributed by atoms with E-state index >= 15 is 0 Å². The van der Waals surface area contributed by atoms with Crippen molar-refractivity contribution in [1.29, 1.82) is 0 Å². The quantitative estimate of drug-likeness (QED) is 0.478. The van der Waals surface area contributed by atoms with Gasteiger partial charge in [-0.25, -0.2) is 0 Å². The molecular formula is C20H27N3O3. The molecule has 0 amide bonds. The van der Waals surface area contributed by atoms with Crippen molar-refractivity contribution in [3.05, 3.63) is 40.5 Å². The van der Waals surface area contributed by atoms with Crippen LogP contribution in [0.15, 0.2) is 30.4 Å². The van der Waals surface area contributed by atoms with Crippen LogP contribution >= 0.6 is 0 Å². The van der Waals surface area contributed by atoms with Gasteiger partial charge in [0.2, 0.25) is 0 Å². The van der Waals surface area contributed by atoms with Gasteiger partial charge in [-0.2, -0.15) is 0 Å². The van der Waals surface area contributed by atoms with E-state index in [-0.39, 0.29) is 10.6 Å². The number of nitrogens with zero attached hydrogens (tertiary/aromatic N) is 2. The summed E-state index contributed by atoms with van der Waals surface area (Å²) in [5.41, 5.74) is 0.813. The van der Waals surface area contributed by atoms with Crippen LogP contribution in [0.1, 0.15) is 25.7 Å². The summed E-state index contributed by atoms with van der Waals surface area (Å²) in [7, 11) is 1.60. The smallest absolute Gasteiger partial charge is 0.271 e. The first-order valence-corrected chi connectivity index (χ1v) is 9.62. The minimum atomic E-state index is -0.364. The molecule has 1 saturated carbocycles. The van der Waals surface area contributed by atoms with E-state index in [9.17, 15) is 10.1 Å². The Morgan fingerprint density at radius 1 is 1.27 bits per heavy atom. The van der Waals surface area contributed by atoms with Gasteiger partial charge in [0.15, 0.2) is 0 Å². The predicted molar refractivity (Wildman–Crippen MR) is 102 cm³/mol. The second-order valence-corrected chi connectivity index (χ2v) is 7.90. The third kappa shape index (κ3) is 3.56. The number of hydrogen-bond acceptors (Lipinski definition) is 5. The van der Waals surface area contributed by atoms with Crippen molar-refractivity contribution in [3.63, 3.8) is 0 Å². The van der Waals surface area contributed by atoms with Gasteiger partial charge in [-0.1, -0.05) is 12.2 Å². The summed E-state index contributed by atoms with van der Waals surface area (Å²) >= 11 is 0. The van der Waals surface area contributed by atoms with E-state index in [1.54, 1.807) is 19.2 Å². The lowest BCUT2D eigenvalue weighted by Gasteiger charge is -2.35. The van der Waals surface area contributed by atoms with Gasteiger partial charge < -0.3 is 15.0 Å². The summed E-state index contributed by atoms with van der Waals surface area (Å²) in [5.74, 6) is 3.15. The Bertz CT molecular complexity index is 698. The average molecular weight is 357 g/mol. The number of piperidine rings is 1. The molecule has 1 aromatic rings. The molecule has 140 valence electrons. The largest absolute Gasteiger partial charge is 0.495 e. The summed E-state index contributed by atoms with van der Waals surface area (Å²) < 4.78 is 5.36. The lowest BCUT2D eigenvalue weighted by Crippen LogP contribution is -2.41. The number of nitro benzene ring substituents is 1. The van der Waals surface area contributed by atoms with Crippen LogP contribution in [0.25, 0.3) is 0 Å². The SMILES string of the molecule is COc1ccc([N+](=O)[O-])cc1NC1CCN(CC2CC3C=CC2C3)CC1. The molecule has 4 rings (SSSR count). The average Bonchev–Trinajstić information content (AvgIpc) is 3.26. The highest BCUT2D eigenvalue weighted by atomic mass is 16.6. The molecule has 2 fully saturated rings. The first-order valence-electron chi connectivity index (χ1n) is 9.62. The fraction of sp³-hybridized carbons (Fsp3) is 0.600. The fourth-order valence-electron chi connectivity index (χ4n) is 4.84. The van der Waals surface area contributed by atoms with Gasteiger partial charge in [0, 0.05) is 37.8 Å². The van der Waals surface area contributed by atoms with Gasteiger partial charge in [-0.15, -0.1) is 0 Å². The van der Waals surface area contributed by atoms with Crippen LogP contribution in [0.3, 0.4) is 0 Å². The fourth-order valence-corrected chi connectivity index (χ4v) is 4.84. The van der Waals surface area contributed by atoms with E-state index in [1.165, 1.54) is 25.5 Å². The van der Waals surface area contributed by atoms with Crippen molar-refractivity contribution in [2.75, 3.05) is 32.1 Å². The highest BCUT2D eigenvalue weighted by molar-refractivity contribution is 5.62. The van der Waals surface area contributed by atoms with E-state index in [2.05, 4.69) is 22.4 Å². The molecule has 1 aliphatic heterocycles. The topological polar surface area (TPSA) is 67.6 Å². The summed E-state index contributed by atoms with van der Waals surface area (Å²) in [4.78, 5) is 13.3. The Kier molecular flexibility index (Phi) is 4.85. The van der Waals surface area contributed by atoms with E-state index in [4.69, 9.17) is 4.74 Å². The van der Waals surface area contributed by atoms with Gasteiger partial charge in [-0.05, 0) is 49.5 Å². The number of allylic oxidation sites excluding steroid dienone is 2. The van der Waals surface area contributed by atoms with Crippen LogP contribution in [0.4, 0.5) is 11.4 Å². The number of methoxy groups -OCH3 is 1. The van der Waals surface area contributed by atoms with Crippen LogP contribution in [-0.2, 0) is 0 Å². The molecule has 6 nitrogen and oxygen atoms in total. The number of nitro groups is 1. The van der Waals surface area contributed by atoms with Crippen molar-refractivity contribution in [3.8, 4) is 5.75 Å². The lowest BCUT2D eigenvalue weighted by atomic mass is 9.92. The molecule has 3 atom stereocenters. The van der Waals surface area contributed by atoms with E-state index in [0.717, 1.165) is 49.4 Å². The van der Waals surface area contributed by atoms with E-state index < -0.39 is 0 Å². The summed E-state index contributed by atoms with van der Waals surface area (Å²) in [5, 5.41) is 14.5. The molecule has 6 heteroatoms. The number of anilines is 1. The first kappa shape index (κ1) is 17.3. The number of hydrogen-bond donors (Lipinski definition) is 1. The van der Waals surface area contributed by atoms with E-state index in [0.29, 0.717) is 11.8 Å². The summed E-state index contributed by atoms with van der Waals surface area (Å²) in [6.07, 6.45) is 9.69. The molecule has 2 bridgehead atoms.